The van der Waals surface area contributed by atoms with Gasteiger partial charge in [0.2, 0.25) is 0 Å². The van der Waals surface area contributed by atoms with Crippen molar-refractivity contribution >= 4 is 17.6 Å². The summed E-state index contributed by atoms with van der Waals surface area (Å²) in [4.78, 5) is 21.6. The number of nitrogens with zero attached hydrogens (tertiary/aromatic N) is 3. The molecule has 7 heteroatoms. The summed E-state index contributed by atoms with van der Waals surface area (Å²) in [5.41, 5.74) is 1.68. The topological polar surface area (TPSA) is 66.4 Å². The number of para-hydroxylation sites is 3. The summed E-state index contributed by atoms with van der Waals surface area (Å²) in [6.45, 7) is 6.82. The first-order valence-electron chi connectivity index (χ1n) is 10.4. The number of amides is 2. The molecular formula is C23H28N4O3. The highest BCUT2D eigenvalue weighted by atomic mass is 16.5. The van der Waals surface area contributed by atoms with Crippen LogP contribution in [0.3, 0.4) is 0 Å². The SMILES string of the molecule is COc1cccc2c1Oc1ccccc1N=C2N1CCCN(C(=O)NC(C)C)CC1. The molecule has 2 aliphatic rings. The van der Waals surface area contributed by atoms with Crippen molar-refractivity contribution in [3.8, 4) is 17.2 Å². The third-order valence-corrected chi connectivity index (χ3v) is 5.24. The first-order valence-corrected chi connectivity index (χ1v) is 10.4. The van der Waals surface area contributed by atoms with E-state index >= 15 is 0 Å². The lowest BCUT2D eigenvalue weighted by molar-refractivity contribution is 0.198. The van der Waals surface area contributed by atoms with Crippen LogP contribution < -0.4 is 14.8 Å². The quantitative estimate of drug-likeness (QED) is 0.816. The highest BCUT2D eigenvalue weighted by Gasteiger charge is 2.27. The molecule has 0 radical (unpaired) electrons. The van der Waals surface area contributed by atoms with E-state index in [-0.39, 0.29) is 12.1 Å². The second kappa shape index (κ2) is 8.65. The maximum atomic E-state index is 12.5. The Balaban J connectivity index is 1.67. The fourth-order valence-corrected chi connectivity index (χ4v) is 3.79. The van der Waals surface area contributed by atoms with Crippen molar-refractivity contribution in [2.24, 2.45) is 4.99 Å². The van der Waals surface area contributed by atoms with Gasteiger partial charge < -0.3 is 24.6 Å². The fraction of sp³-hybridized carbons (Fsp3) is 0.391. The van der Waals surface area contributed by atoms with Crippen LogP contribution in [-0.4, -0.2) is 61.0 Å². The fourth-order valence-electron chi connectivity index (χ4n) is 3.79. The molecule has 2 aromatic rings. The van der Waals surface area contributed by atoms with Crippen LogP contribution in [0.2, 0.25) is 0 Å². The number of nitrogens with one attached hydrogen (secondary N) is 1. The van der Waals surface area contributed by atoms with Gasteiger partial charge >= 0.3 is 6.03 Å². The standard InChI is InChI=1S/C23H28N4O3/c1-16(2)24-23(28)27-13-7-12-26(14-15-27)22-17-8-6-11-20(29-3)21(17)30-19-10-5-4-9-18(19)25-22/h4-6,8-11,16H,7,12-15H2,1-3H3,(H,24,28). The maximum Gasteiger partial charge on any atom is 0.317 e. The molecular weight excluding hydrogens is 380 g/mol. The van der Waals surface area contributed by atoms with Gasteiger partial charge in [0.15, 0.2) is 17.2 Å². The van der Waals surface area contributed by atoms with E-state index in [0.29, 0.717) is 30.3 Å². The number of carbonyl (C=O) groups excluding carboxylic acids is 1. The lowest BCUT2D eigenvalue weighted by Gasteiger charge is -2.26. The monoisotopic (exact) mass is 408 g/mol. The van der Waals surface area contributed by atoms with Gasteiger partial charge in [0.25, 0.3) is 0 Å². The highest BCUT2D eigenvalue weighted by Crippen LogP contribution is 2.42. The van der Waals surface area contributed by atoms with Crippen LogP contribution >= 0.6 is 0 Å². The largest absolute Gasteiger partial charge is 0.493 e. The molecule has 2 aliphatic heterocycles. The number of hydrogen-bond acceptors (Lipinski definition) is 5. The molecule has 4 rings (SSSR count). The van der Waals surface area contributed by atoms with Gasteiger partial charge in [-0.25, -0.2) is 9.79 Å². The molecule has 30 heavy (non-hydrogen) atoms. The summed E-state index contributed by atoms with van der Waals surface area (Å²) in [6, 6.07) is 13.7. The van der Waals surface area contributed by atoms with Gasteiger partial charge in [0.05, 0.1) is 12.7 Å². The Labute approximate surface area is 177 Å². The summed E-state index contributed by atoms with van der Waals surface area (Å²) in [5, 5.41) is 2.99. The second-order valence-electron chi connectivity index (χ2n) is 7.77. The van der Waals surface area contributed by atoms with Crippen LogP contribution in [-0.2, 0) is 0 Å². The van der Waals surface area contributed by atoms with E-state index in [2.05, 4.69) is 10.2 Å². The third-order valence-electron chi connectivity index (χ3n) is 5.24. The van der Waals surface area contributed by atoms with Crippen molar-refractivity contribution < 1.29 is 14.3 Å². The second-order valence-corrected chi connectivity index (χ2v) is 7.77. The number of methoxy groups -OCH3 is 1. The molecule has 2 heterocycles. The summed E-state index contributed by atoms with van der Waals surface area (Å²) >= 11 is 0. The normalized spacial score (nSPS) is 15.9. The number of rotatable bonds is 2. The summed E-state index contributed by atoms with van der Waals surface area (Å²) in [5.74, 6) is 2.89. The van der Waals surface area contributed by atoms with Crippen LogP contribution in [0.1, 0.15) is 25.8 Å². The molecule has 158 valence electrons. The number of aliphatic imine (C=N–C) groups is 1. The molecule has 1 fully saturated rings. The molecule has 0 unspecified atom stereocenters. The van der Waals surface area contributed by atoms with E-state index in [9.17, 15) is 4.79 Å². The highest BCUT2D eigenvalue weighted by molar-refractivity contribution is 6.04. The van der Waals surface area contributed by atoms with Crippen molar-refractivity contribution in [2.45, 2.75) is 26.3 Å². The molecule has 2 amide bonds. The third kappa shape index (κ3) is 4.06. The minimum Gasteiger partial charge on any atom is -0.493 e. The number of urea groups is 1. The van der Waals surface area contributed by atoms with Crippen LogP contribution in [0.25, 0.3) is 0 Å². The van der Waals surface area contributed by atoms with Crippen LogP contribution in [0, 0.1) is 0 Å². The molecule has 0 aliphatic carbocycles. The van der Waals surface area contributed by atoms with Crippen molar-refractivity contribution in [1.29, 1.82) is 0 Å². The molecule has 1 saturated heterocycles. The Morgan fingerprint density at radius 1 is 1.10 bits per heavy atom. The Morgan fingerprint density at radius 2 is 1.93 bits per heavy atom. The van der Waals surface area contributed by atoms with E-state index < -0.39 is 0 Å². The Kier molecular flexibility index (Phi) is 5.79. The number of fused-ring (bicyclic) bond motifs is 2. The van der Waals surface area contributed by atoms with Crippen molar-refractivity contribution in [2.75, 3.05) is 33.3 Å². The smallest absolute Gasteiger partial charge is 0.317 e. The summed E-state index contributed by atoms with van der Waals surface area (Å²) < 4.78 is 11.8. The van der Waals surface area contributed by atoms with Crippen molar-refractivity contribution in [3.05, 3.63) is 48.0 Å². The number of amidine groups is 1. The number of benzene rings is 2. The molecule has 1 N–H and O–H groups in total. The van der Waals surface area contributed by atoms with Gasteiger partial charge in [0.1, 0.15) is 11.5 Å². The van der Waals surface area contributed by atoms with Crippen LogP contribution in [0.4, 0.5) is 10.5 Å². The van der Waals surface area contributed by atoms with Gasteiger partial charge in [-0.15, -0.1) is 0 Å². The van der Waals surface area contributed by atoms with E-state index in [1.165, 1.54) is 0 Å². The van der Waals surface area contributed by atoms with Crippen LogP contribution in [0.5, 0.6) is 17.2 Å². The first kappa shape index (κ1) is 20.1. The Bertz CT molecular complexity index is 957. The Morgan fingerprint density at radius 3 is 2.73 bits per heavy atom. The van der Waals surface area contributed by atoms with Gasteiger partial charge in [-0.3, -0.25) is 0 Å². The van der Waals surface area contributed by atoms with E-state index in [4.69, 9.17) is 14.5 Å². The molecule has 0 spiro atoms. The van der Waals surface area contributed by atoms with E-state index in [0.717, 1.165) is 36.6 Å². The summed E-state index contributed by atoms with van der Waals surface area (Å²) in [7, 11) is 1.64. The number of hydrogen-bond donors (Lipinski definition) is 1. The zero-order valence-electron chi connectivity index (χ0n) is 17.7. The number of ether oxygens (including phenoxy) is 2. The zero-order valence-corrected chi connectivity index (χ0v) is 17.7. The first-order chi connectivity index (χ1) is 14.6. The zero-order chi connectivity index (χ0) is 21.1. The summed E-state index contributed by atoms with van der Waals surface area (Å²) in [6.07, 6.45) is 0.867. The Hall–Kier alpha value is -3.22. The average Bonchev–Trinajstić information content (AvgIpc) is 3.07. The lowest BCUT2D eigenvalue weighted by Crippen LogP contribution is -2.44. The van der Waals surface area contributed by atoms with Gasteiger partial charge in [-0.2, -0.15) is 0 Å². The van der Waals surface area contributed by atoms with Gasteiger partial charge in [0, 0.05) is 32.2 Å². The molecule has 7 nitrogen and oxygen atoms in total. The minimum absolute atomic E-state index is 0.00889. The molecule has 0 bridgehead atoms. The van der Waals surface area contributed by atoms with E-state index in [1.54, 1.807) is 7.11 Å². The van der Waals surface area contributed by atoms with Crippen molar-refractivity contribution in [1.82, 2.24) is 15.1 Å². The predicted molar refractivity (Wildman–Crippen MR) is 117 cm³/mol. The molecule has 0 atom stereocenters. The van der Waals surface area contributed by atoms with Gasteiger partial charge in [-0.1, -0.05) is 18.2 Å². The maximum absolute atomic E-state index is 12.5. The number of carbonyl (C=O) groups is 1. The predicted octanol–water partition coefficient (Wildman–Crippen LogP) is 4.00. The van der Waals surface area contributed by atoms with E-state index in [1.807, 2.05) is 61.2 Å². The molecule has 0 aromatic heterocycles. The van der Waals surface area contributed by atoms with Crippen LogP contribution in [0.15, 0.2) is 47.5 Å². The molecule has 0 saturated carbocycles. The minimum atomic E-state index is -0.00889. The average molecular weight is 409 g/mol. The van der Waals surface area contributed by atoms with Crippen molar-refractivity contribution in [3.63, 3.8) is 0 Å². The molecule has 2 aromatic carbocycles. The van der Waals surface area contributed by atoms with Gasteiger partial charge in [-0.05, 0) is 44.5 Å². The lowest BCUT2D eigenvalue weighted by atomic mass is 10.1.